The SMILES string of the molecule is CC(O)CC(CNC1CCN(C2CCCCC2)CC1)c1ccccc1. The molecule has 2 fully saturated rings. The van der Waals surface area contributed by atoms with Gasteiger partial charge in [-0.2, -0.15) is 0 Å². The Hall–Kier alpha value is -0.900. The Morgan fingerprint density at radius 2 is 1.72 bits per heavy atom. The first-order chi connectivity index (χ1) is 12.2. The normalized spacial score (nSPS) is 23.4. The van der Waals surface area contributed by atoms with Gasteiger partial charge in [0.1, 0.15) is 0 Å². The first-order valence-corrected chi connectivity index (χ1v) is 10.4. The van der Waals surface area contributed by atoms with Crippen LogP contribution in [0.4, 0.5) is 0 Å². The van der Waals surface area contributed by atoms with E-state index in [1.54, 1.807) is 0 Å². The third-order valence-corrected chi connectivity index (χ3v) is 6.17. The van der Waals surface area contributed by atoms with Crippen LogP contribution in [0.25, 0.3) is 0 Å². The Kier molecular flexibility index (Phi) is 7.33. The first kappa shape index (κ1) is 18.9. The lowest BCUT2D eigenvalue weighted by Crippen LogP contribution is -2.47. The van der Waals surface area contributed by atoms with Crippen molar-refractivity contribution >= 4 is 0 Å². The fraction of sp³-hybridized carbons (Fsp3) is 0.727. The van der Waals surface area contributed by atoms with Gasteiger partial charge in [-0.25, -0.2) is 0 Å². The highest BCUT2D eigenvalue weighted by molar-refractivity contribution is 5.20. The molecule has 0 spiro atoms. The van der Waals surface area contributed by atoms with E-state index in [2.05, 4.69) is 40.5 Å². The zero-order chi connectivity index (χ0) is 17.5. The second-order valence-electron chi connectivity index (χ2n) is 8.20. The Morgan fingerprint density at radius 3 is 2.36 bits per heavy atom. The molecule has 0 radical (unpaired) electrons. The molecule has 1 aliphatic heterocycles. The molecule has 1 aliphatic carbocycles. The van der Waals surface area contributed by atoms with Crippen molar-refractivity contribution in [3.8, 4) is 0 Å². The average molecular weight is 345 g/mol. The number of hydrogen-bond acceptors (Lipinski definition) is 3. The second kappa shape index (κ2) is 9.70. The molecule has 2 aliphatic rings. The summed E-state index contributed by atoms with van der Waals surface area (Å²) < 4.78 is 0. The van der Waals surface area contributed by atoms with Crippen LogP contribution in [0, 0.1) is 0 Å². The van der Waals surface area contributed by atoms with Gasteiger partial charge in [-0.1, -0.05) is 49.6 Å². The number of nitrogens with one attached hydrogen (secondary N) is 1. The second-order valence-corrected chi connectivity index (χ2v) is 8.20. The molecular weight excluding hydrogens is 308 g/mol. The van der Waals surface area contributed by atoms with Crippen LogP contribution in [0.3, 0.4) is 0 Å². The summed E-state index contributed by atoms with van der Waals surface area (Å²) in [5, 5.41) is 13.7. The highest BCUT2D eigenvalue weighted by Crippen LogP contribution is 2.26. The molecule has 1 aromatic carbocycles. The predicted octanol–water partition coefficient (Wildman–Crippen LogP) is 3.93. The average Bonchev–Trinajstić information content (AvgIpc) is 2.67. The topological polar surface area (TPSA) is 35.5 Å². The number of likely N-dealkylation sites (tertiary alicyclic amines) is 1. The van der Waals surface area contributed by atoms with Crippen molar-refractivity contribution in [1.82, 2.24) is 10.2 Å². The van der Waals surface area contributed by atoms with Crippen LogP contribution in [0.5, 0.6) is 0 Å². The van der Waals surface area contributed by atoms with Crippen LogP contribution in [-0.4, -0.2) is 47.8 Å². The van der Waals surface area contributed by atoms with Crippen LogP contribution in [-0.2, 0) is 0 Å². The summed E-state index contributed by atoms with van der Waals surface area (Å²) in [6.45, 7) is 5.39. The monoisotopic (exact) mass is 344 g/mol. The number of aliphatic hydroxyl groups excluding tert-OH is 1. The summed E-state index contributed by atoms with van der Waals surface area (Å²) in [5.74, 6) is 0.401. The lowest BCUT2D eigenvalue weighted by atomic mass is 9.91. The zero-order valence-corrected chi connectivity index (χ0v) is 15.9. The van der Waals surface area contributed by atoms with E-state index in [1.807, 2.05) is 6.92 Å². The molecule has 0 aromatic heterocycles. The maximum atomic E-state index is 9.87. The molecule has 2 N–H and O–H groups in total. The number of aliphatic hydroxyl groups is 1. The zero-order valence-electron chi connectivity index (χ0n) is 15.9. The molecule has 0 amide bonds. The number of nitrogens with zero attached hydrogens (tertiary/aromatic N) is 1. The summed E-state index contributed by atoms with van der Waals surface area (Å²) >= 11 is 0. The van der Waals surface area contributed by atoms with E-state index in [1.165, 1.54) is 63.6 Å². The number of benzene rings is 1. The number of piperidine rings is 1. The Labute approximate surface area is 153 Å². The molecule has 2 unspecified atom stereocenters. The van der Waals surface area contributed by atoms with Gasteiger partial charge in [-0.05, 0) is 63.6 Å². The van der Waals surface area contributed by atoms with E-state index >= 15 is 0 Å². The van der Waals surface area contributed by atoms with Gasteiger partial charge in [0.15, 0.2) is 0 Å². The molecule has 140 valence electrons. The summed E-state index contributed by atoms with van der Waals surface area (Å²) in [5.41, 5.74) is 1.34. The van der Waals surface area contributed by atoms with Crippen molar-refractivity contribution in [2.75, 3.05) is 19.6 Å². The van der Waals surface area contributed by atoms with Gasteiger partial charge >= 0.3 is 0 Å². The quantitative estimate of drug-likeness (QED) is 0.787. The largest absolute Gasteiger partial charge is 0.393 e. The summed E-state index contributed by atoms with van der Waals surface area (Å²) in [6, 6.07) is 12.2. The van der Waals surface area contributed by atoms with Gasteiger partial charge < -0.3 is 15.3 Å². The Morgan fingerprint density at radius 1 is 1.04 bits per heavy atom. The minimum Gasteiger partial charge on any atom is -0.393 e. The third-order valence-electron chi connectivity index (χ3n) is 6.17. The molecule has 3 rings (SSSR count). The third kappa shape index (κ3) is 5.80. The first-order valence-electron chi connectivity index (χ1n) is 10.4. The molecule has 3 nitrogen and oxygen atoms in total. The molecule has 1 saturated carbocycles. The van der Waals surface area contributed by atoms with E-state index in [0.29, 0.717) is 12.0 Å². The van der Waals surface area contributed by atoms with E-state index in [4.69, 9.17) is 0 Å². The summed E-state index contributed by atoms with van der Waals surface area (Å²) in [7, 11) is 0. The lowest BCUT2D eigenvalue weighted by Gasteiger charge is -2.39. The standard InChI is InChI=1S/C22H36N2O/c1-18(25)16-20(19-8-4-2-5-9-19)17-23-21-12-14-24(15-13-21)22-10-6-3-7-11-22/h2,4-5,8-9,18,20-23,25H,3,6-7,10-17H2,1H3. The maximum absolute atomic E-state index is 9.87. The van der Waals surface area contributed by atoms with Gasteiger partial charge in [-0.15, -0.1) is 0 Å². The van der Waals surface area contributed by atoms with Crippen LogP contribution < -0.4 is 5.32 Å². The van der Waals surface area contributed by atoms with Gasteiger partial charge in [0.05, 0.1) is 6.10 Å². The van der Waals surface area contributed by atoms with Crippen LogP contribution >= 0.6 is 0 Å². The molecule has 1 saturated heterocycles. The van der Waals surface area contributed by atoms with Crippen molar-refractivity contribution in [2.45, 2.75) is 82.4 Å². The Balaban J connectivity index is 1.45. The summed E-state index contributed by atoms with van der Waals surface area (Å²) in [4.78, 5) is 2.75. The fourth-order valence-corrected chi connectivity index (χ4v) is 4.70. The van der Waals surface area contributed by atoms with Gasteiger partial charge in [0.25, 0.3) is 0 Å². The van der Waals surface area contributed by atoms with E-state index < -0.39 is 0 Å². The van der Waals surface area contributed by atoms with E-state index in [-0.39, 0.29) is 6.10 Å². The molecule has 3 heteroatoms. The van der Waals surface area contributed by atoms with Crippen molar-refractivity contribution in [1.29, 1.82) is 0 Å². The minimum atomic E-state index is -0.250. The van der Waals surface area contributed by atoms with E-state index in [9.17, 15) is 5.11 Å². The molecule has 0 bridgehead atoms. The van der Waals surface area contributed by atoms with Crippen LogP contribution in [0.1, 0.15) is 69.8 Å². The highest BCUT2D eigenvalue weighted by Gasteiger charge is 2.26. The molecule has 1 aromatic rings. The maximum Gasteiger partial charge on any atom is 0.0518 e. The van der Waals surface area contributed by atoms with Crippen molar-refractivity contribution < 1.29 is 5.11 Å². The predicted molar refractivity (Wildman–Crippen MR) is 105 cm³/mol. The highest BCUT2D eigenvalue weighted by atomic mass is 16.3. The number of rotatable bonds is 7. The lowest BCUT2D eigenvalue weighted by molar-refractivity contribution is 0.114. The fourth-order valence-electron chi connectivity index (χ4n) is 4.70. The smallest absolute Gasteiger partial charge is 0.0518 e. The molecular formula is C22H36N2O. The molecule has 1 heterocycles. The van der Waals surface area contributed by atoms with Gasteiger partial charge in [0.2, 0.25) is 0 Å². The Bertz CT molecular complexity index is 476. The van der Waals surface area contributed by atoms with Crippen LogP contribution in [0.2, 0.25) is 0 Å². The van der Waals surface area contributed by atoms with E-state index in [0.717, 1.165) is 19.0 Å². The van der Waals surface area contributed by atoms with Crippen molar-refractivity contribution in [3.63, 3.8) is 0 Å². The number of hydrogen-bond donors (Lipinski definition) is 2. The molecule has 25 heavy (non-hydrogen) atoms. The minimum absolute atomic E-state index is 0.250. The van der Waals surface area contributed by atoms with Gasteiger partial charge in [-0.3, -0.25) is 0 Å². The van der Waals surface area contributed by atoms with Gasteiger partial charge in [0, 0.05) is 18.6 Å². The van der Waals surface area contributed by atoms with Crippen molar-refractivity contribution in [2.24, 2.45) is 0 Å². The van der Waals surface area contributed by atoms with Crippen molar-refractivity contribution in [3.05, 3.63) is 35.9 Å². The molecule has 2 atom stereocenters. The van der Waals surface area contributed by atoms with Crippen LogP contribution in [0.15, 0.2) is 30.3 Å². The summed E-state index contributed by atoms with van der Waals surface area (Å²) in [6.07, 6.45) is 10.3.